The monoisotopic (exact) mass is 254 g/mol. The molecule has 94 valence electrons. The van der Waals surface area contributed by atoms with Crippen molar-refractivity contribution >= 4 is 23.4 Å². The van der Waals surface area contributed by atoms with E-state index in [1.807, 2.05) is 25.3 Å². The predicted molar refractivity (Wildman–Crippen MR) is 70.1 cm³/mol. The Labute approximate surface area is 106 Å². The number of carboxylic acid groups (broad SMARTS) is 1. The Morgan fingerprint density at radius 3 is 2.88 bits per heavy atom. The molecule has 0 aliphatic heterocycles. The van der Waals surface area contributed by atoms with E-state index in [1.54, 1.807) is 17.4 Å². The maximum absolute atomic E-state index is 10.5. The minimum Gasteiger partial charge on any atom is -0.478 e. The van der Waals surface area contributed by atoms with Gasteiger partial charge in [0.2, 0.25) is 0 Å². The summed E-state index contributed by atoms with van der Waals surface area (Å²) in [5.41, 5.74) is 0.780. The summed E-state index contributed by atoms with van der Waals surface area (Å²) in [5.74, 6) is -0.933. The third kappa shape index (κ3) is 4.71. The van der Waals surface area contributed by atoms with Crippen molar-refractivity contribution in [3.05, 3.63) is 28.0 Å². The van der Waals surface area contributed by atoms with Crippen LogP contribution in [0.4, 0.5) is 0 Å². The molecule has 1 heterocycles. The van der Waals surface area contributed by atoms with Crippen molar-refractivity contribution in [2.75, 3.05) is 0 Å². The topological polar surface area (TPSA) is 46.5 Å². The Bertz CT molecular complexity index is 405. The summed E-state index contributed by atoms with van der Waals surface area (Å²) in [6, 6.07) is 1.90. The van der Waals surface area contributed by atoms with Gasteiger partial charge in [-0.15, -0.1) is 11.3 Å². The van der Waals surface area contributed by atoms with Gasteiger partial charge in [0.15, 0.2) is 0 Å². The van der Waals surface area contributed by atoms with Crippen LogP contribution in [0.5, 0.6) is 0 Å². The first kappa shape index (κ1) is 13.9. The van der Waals surface area contributed by atoms with E-state index in [0.29, 0.717) is 6.61 Å². The van der Waals surface area contributed by atoms with Crippen LogP contribution in [-0.2, 0) is 16.1 Å². The minimum absolute atomic E-state index is 0.141. The molecule has 0 aliphatic carbocycles. The largest absolute Gasteiger partial charge is 0.478 e. The Balaban J connectivity index is 2.66. The lowest BCUT2D eigenvalue weighted by Gasteiger charge is -2.23. The fraction of sp³-hybridized carbons (Fsp3) is 0.462. The zero-order chi connectivity index (χ0) is 12.9. The van der Waals surface area contributed by atoms with Crippen molar-refractivity contribution in [1.29, 1.82) is 0 Å². The molecule has 1 N–H and O–H groups in total. The number of hydrogen-bond acceptors (Lipinski definition) is 3. The van der Waals surface area contributed by atoms with Gasteiger partial charge in [0.1, 0.15) is 0 Å². The third-order valence-corrected chi connectivity index (χ3v) is 3.54. The summed E-state index contributed by atoms with van der Waals surface area (Å²) in [6.45, 7) is 6.71. The van der Waals surface area contributed by atoms with Crippen LogP contribution in [0.25, 0.3) is 6.08 Å². The molecule has 0 fully saturated rings. The van der Waals surface area contributed by atoms with Crippen LogP contribution in [0.2, 0.25) is 0 Å². The molecule has 1 aromatic heterocycles. The van der Waals surface area contributed by atoms with Crippen LogP contribution in [0.3, 0.4) is 0 Å². The molecule has 17 heavy (non-hydrogen) atoms. The number of carbonyl (C=O) groups is 1. The number of ether oxygens (including phenoxy) is 1. The lowest BCUT2D eigenvalue weighted by molar-refractivity contribution is -0.131. The summed E-state index contributed by atoms with van der Waals surface area (Å²) in [7, 11) is 0. The Morgan fingerprint density at radius 2 is 2.29 bits per heavy atom. The van der Waals surface area contributed by atoms with Gasteiger partial charge in [-0.1, -0.05) is 6.92 Å². The Hall–Kier alpha value is -1.13. The van der Waals surface area contributed by atoms with Crippen LogP contribution < -0.4 is 0 Å². The first-order valence-corrected chi connectivity index (χ1v) is 6.44. The number of aliphatic carboxylic acids is 1. The summed E-state index contributed by atoms with van der Waals surface area (Å²) >= 11 is 1.58. The van der Waals surface area contributed by atoms with Gasteiger partial charge in [-0.3, -0.25) is 0 Å². The minimum atomic E-state index is -0.933. The average Bonchev–Trinajstić information content (AvgIpc) is 2.71. The molecule has 1 rings (SSSR count). The zero-order valence-electron chi connectivity index (χ0n) is 10.4. The summed E-state index contributed by atoms with van der Waals surface area (Å²) in [6.07, 6.45) is 3.70. The van der Waals surface area contributed by atoms with E-state index >= 15 is 0 Å². The molecule has 4 heteroatoms. The molecular weight excluding hydrogens is 236 g/mol. The standard InChI is InChI=1S/C13H18O3S/c1-4-13(2,3)16-9-11-10(7-8-17-11)5-6-12(14)15/h5-8H,4,9H2,1-3H3,(H,14,15). The molecule has 0 amide bonds. The first-order valence-electron chi connectivity index (χ1n) is 5.56. The SMILES string of the molecule is CCC(C)(C)OCc1sccc1C=CC(=O)O. The van der Waals surface area contributed by atoms with Gasteiger partial charge in [0.05, 0.1) is 12.2 Å². The van der Waals surface area contributed by atoms with E-state index in [1.165, 1.54) is 0 Å². The molecule has 0 spiro atoms. The van der Waals surface area contributed by atoms with Crippen molar-refractivity contribution in [3.63, 3.8) is 0 Å². The number of hydrogen-bond donors (Lipinski definition) is 1. The molecule has 0 bridgehead atoms. The van der Waals surface area contributed by atoms with Crippen LogP contribution in [0.15, 0.2) is 17.5 Å². The molecule has 0 unspecified atom stereocenters. The predicted octanol–water partition coefficient (Wildman–Crippen LogP) is 3.55. The van der Waals surface area contributed by atoms with Crippen molar-refractivity contribution in [2.45, 2.75) is 39.4 Å². The van der Waals surface area contributed by atoms with Gasteiger partial charge < -0.3 is 9.84 Å². The lowest BCUT2D eigenvalue weighted by Crippen LogP contribution is -2.22. The smallest absolute Gasteiger partial charge is 0.328 e. The van der Waals surface area contributed by atoms with E-state index in [-0.39, 0.29) is 5.60 Å². The fourth-order valence-electron chi connectivity index (χ4n) is 1.14. The van der Waals surface area contributed by atoms with Crippen LogP contribution in [0, 0.1) is 0 Å². The van der Waals surface area contributed by atoms with Crippen LogP contribution >= 0.6 is 11.3 Å². The molecule has 1 aromatic rings. The van der Waals surface area contributed by atoms with Gasteiger partial charge in [-0.05, 0) is 43.4 Å². The summed E-state index contributed by atoms with van der Waals surface area (Å²) in [4.78, 5) is 11.5. The second-order valence-corrected chi connectivity index (χ2v) is 5.37. The molecule has 0 saturated carbocycles. The van der Waals surface area contributed by atoms with E-state index in [2.05, 4.69) is 6.92 Å². The van der Waals surface area contributed by atoms with Gasteiger partial charge in [0.25, 0.3) is 0 Å². The van der Waals surface area contributed by atoms with E-state index in [9.17, 15) is 4.79 Å². The molecule has 0 aromatic carbocycles. The molecule has 0 aliphatic rings. The number of thiophene rings is 1. The fourth-order valence-corrected chi connectivity index (χ4v) is 1.92. The van der Waals surface area contributed by atoms with Crippen molar-refractivity contribution < 1.29 is 14.6 Å². The van der Waals surface area contributed by atoms with Crippen molar-refractivity contribution in [1.82, 2.24) is 0 Å². The average molecular weight is 254 g/mol. The maximum Gasteiger partial charge on any atom is 0.328 e. The molecule has 3 nitrogen and oxygen atoms in total. The quantitative estimate of drug-likeness (QED) is 0.790. The van der Waals surface area contributed by atoms with Crippen LogP contribution in [0.1, 0.15) is 37.6 Å². The van der Waals surface area contributed by atoms with Gasteiger partial charge in [0, 0.05) is 11.0 Å². The van der Waals surface area contributed by atoms with Crippen molar-refractivity contribution in [3.8, 4) is 0 Å². The molecule has 0 atom stereocenters. The van der Waals surface area contributed by atoms with E-state index in [0.717, 1.165) is 22.9 Å². The van der Waals surface area contributed by atoms with Crippen molar-refractivity contribution in [2.24, 2.45) is 0 Å². The van der Waals surface area contributed by atoms with Crippen LogP contribution in [-0.4, -0.2) is 16.7 Å². The Morgan fingerprint density at radius 1 is 1.59 bits per heavy atom. The van der Waals surface area contributed by atoms with Gasteiger partial charge in [-0.25, -0.2) is 4.79 Å². The molecule has 0 saturated heterocycles. The third-order valence-electron chi connectivity index (χ3n) is 2.63. The summed E-state index contributed by atoms with van der Waals surface area (Å²) in [5, 5.41) is 10.5. The number of rotatable bonds is 6. The second kappa shape index (κ2) is 5.98. The highest BCUT2D eigenvalue weighted by atomic mass is 32.1. The van der Waals surface area contributed by atoms with Gasteiger partial charge in [-0.2, -0.15) is 0 Å². The lowest BCUT2D eigenvalue weighted by atomic mass is 10.1. The van der Waals surface area contributed by atoms with E-state index < -0.39 is 5.97 Å². The summed E-state index contributed by atoms with van der Waals surface area (Å²) < 4.78 is 5.80. The molecule has 0 radical (unpaired) electrons. The van der Waals surface area contributed by atoms with E-state index in [4.69, 9.17) is 9.84 Å². The highest BCUT2D eigenvalue weighted by Gasteiger charge is 2.16. The normalized spacial score (nSPS) is 12.2. The maximum atomic E-state index is 10.5. The highest BCUT2D eigenvalue weighted by Crippen LogP contribution is 2.23. The Kier molecular flexibility index (Phi) is 4.90. The first-order chi connectivity index (χ1) is 7.94. The van der Waals surface area contributed by atoms with Gasteiger partial charge >= 0.3 is 5.97 Å². The number of carboxylic acids is 1. The second-order valence-electron chi connectivity index (χ2n) is 4.37. The highest BCUT2D eigenvalue weighted by molar-refractivity contribution is 7.10. The molecular formula is C13H18O3S. The zero-order valence-corrected chi connectivity index (χ0v) is 11.2.